The van der Waals surface area contributed by atoms with Crippen molar-refractivity contribution in [2.75, 3.05) is 32.8 Å². The average molecular weight is 237 g/mol. The molecule has 0 bridgehead atoms. The fourth-order valence-electron chi connectivity index (χ4n) is 3.15. The lowest BCUT2D eigenvalue weighted by Gasteiger charge is -2.41. The van der Waals surface area contributed by atoms with Crippen LogP contribution in [0.3, 0.4) is 0 Å². The number of nitrogens with zero attached hydrogens (tertiary/aromatic N) is 2. The van der Waals surface area contributed by atoms with E-state index in [1.165, 1.54) is 32.1 Å². The number of hydrogen-bond donors (Lipinski definition) is 1. The molecule has 2 aliphatic carbocycles. The van der Waals surface area contributed by atoms with E-state index in [0.717, 1.165) is 44.7 Å². The Bertz CT molecular complexity index is 302. The Morgan fingerprint density at radius 2 is 2.00 bits per heavy atom. The summed E-state index contributed by atoms with van der Waals surface area (Å²) in [6.07, 6.45) is 6.98. The maximum absolute atomic E-state index is 6.08. The van der Waals surface area contributed by atoms with Crippen LogP contribution in [0.2, 0.25) is 0 Å². The van der Waals surface area contributed by atoms with Crippen molar-refractivity contribution >= 4 is 5.96 Å². The lowest BCUT2D eigenvalue weighted by molar-refractivity contribution is 0.0666. The van der Waals surface area contributed by atoms with Crippen LogP contribution in [0.1, 0.15) is 32.1 Å². The van der Waals surface area contributed by atoms with Gasteiger partial charge >= 0.3 is 0 Å². The Morgan fingerprint density at radius 3 is 2.53 bits per heavy atom. The fourth-order valence-corrected chi connectivity index (χ4v) is 3.15. The molecule has 1 aliphatic heterocycles. The van der Waals surface area contributed by atoms with Crippen LogP contribution in [0.5, 0.6) is 0 Å². The highest BCUT2D eigenvalue weighted by Gasteiger charge is 2.48. The van der Waals surface area contributed by atoms with E-state index in [2.05, 4.69) is 9.89 Å². The maximum Gasteiger partial charge on any atom is 0.191 e. The second-order valence-corrected chi connectivity index (χ2v) is 5.76. The quantitative estimate of drug-likeness (QED) is 0.593. The summed E-state index contributed by atoms with van der Waals surface area (Å²) in [4.78, 5) is 6.82. The molecule has 3 rings (SSSR count). The van der Waals surface area contributed by atoms with Crippen molar-refractivity contribution in [2.45, 2.75) is 32.1 Å². The molecule has 1 heterocycles. The van der Waals surface area contributed by atoms with Crippen LogP contribution >= 0.6 is 0 Å². The van der Waals surface area contributed by atoms with Gasteiger partial charge in [0, 0.05) is 19.6 Å². The van der Waals surface area contributed by atoms with Crippen molar-refractivity contribution in [1.82, 2.24) is 4.90 Å². The number of guanidine groups is 1. The van der Waals surface area contributed by atoms with Crippen molar-refractivity contribution in [2.24, 2.45) is 22.1 Å². The van der Waals surface area contributed by atoms with Crippen LogP contribution < -0.4 is 5.73 Å². The third kappa shape index (κ3) is 2.28. The van der Waals surface area contributed by atoms with Gasteiger partial charge in [-0.15, -0.1) is 0 Å². The summed E-state index contributed by atoms with van der Waals surface area (Å²) in [5.41, 5.74) is 6.61. The molecule has 1 saturated heterocycles. The van der Waals surface area contributed by atoms with Gasteiger partial charge in [-0.25, -0.2) is 0 Å². The number of rotatable bonds is 3. The van der Waals surface area contributed by atoms with Gasteiger partial charge in [-0.05, 0) is 37.0 Å². The molecule has 0 aromatic carbocycles. The van der Waals surface area contributed by atoms with Crippen LogP contribution in [-0.4, -0.2) is 43.7 Å². The van der Waals surface area contributed by atoms with Crippen molar-refractivity contribution < 1.29 is 4.74 Å². The van der Waals surface area contributed by atoms with Gasteiger partial charge in [0.2, 0.25) is 0 Å². The molecule has 4 heteroatoms. The molecule has 17 heavy (non-hydrogen) atoms. The third-order valence-electron chi connectivity index (χ3n) is 4.68. The summed E-state index contributed by atoms with van der Waals surface area (Å²) in [7, 11) is 0. The van der Waals surface area contributed by atoms with Crippen LogP contribution in [0.4, 0.5) is 0 Å². The zero-order chi connectivity index (χ0) is 11.7. The molecule has 4 nitrogen and oxygen atoms in total. The SMILES string of the molecule is NC(=NCC1(C2CC2)CCC1)N1CCOCC1. The molecule has 96 valence electrons. The Balaban J connectivity index is 1.57. The van der Waals surface area contributed by atoms with E-state index >= 15 is 0 Å². The fraction of sp³-hybridized carbons (Fsp3) is 0.923. The second kappa shape index (κ2) is 4.48. The van der Waals surface area contributed by atoms with E-state index in [9.17, 15) is 0 Å². The summed E-state index contributed by atoms with van der Waals surface area (Å²) in [6, 6.07) is 0. The number of hydrogen-bond acceptors (Lipinski definition) is 2. The van der Waals surface area contributed by atoms with E-state index in [-0.39, 0.29) is 0 Å². The van der Waals surface area contributed by atoms with E-state index in [0.29, 0.717) is 5.41 Å². The zero-order valence-electron chi connectivity index (χ0n) is 10.5. The highest BCUT2D eigenvalue weighted by atomic mass is 16.5. The summed E-state index contributed by atoms with van der Waals surface area (Å²) in [5.74, 6) is 1.69. The standard InChI is InChI=1S/C13H23N3O/c14-12(16-6-8-17-9-7-16)15-10-13(4-1-5-13)11-2-3-11/h11H,1-10H2,(H2,14,15). The predicted octanol–water partition coefficient (Wildman–Crippen LogP) is 1.21. The molecule has 3 aliphatic rings. The summed E-state index contributed by atoms with van der Waals surface area (Å²) in [6.45, 7) is 4.31. The topological polar surface area (TPSA) is 50.8 Å². The molecule has 0 aromatic rings. The second-order valence-electron chi connectivity index (χ2n) is 5.76. The van der Waals surface area contributed by atoms with Crippen LogP contribution in [0.15, 0.2) is 4.99 Å². The van der Waals surface area contributed by atoms with Crippen molar-refractivity contribution in [1.29, 1.82) is 0 Å². The van der Waals surface area contributed by atoms with Gasteiger partial charge < -0.3 is 15.4 Å². The first kappa shape index (κ1) is 11.3. The van der Waals surface area contributed by atoms with Gasteiger partial charge in [-0.1, -0.05) is 6.42 Å². The van der Waals surface area contributed by atoms with E-state index in [1.54, 1.807) is 0 Å². The smallest absolute Gasteiger partial charge is 0.191 e. The molecule has 0 amide bonds. The van der Waals surface area contributed by atoms with Gasteiger partial charge in [0.15, 0.2) is 5.96 Å². The molecule has 0 spiro atoms. The number of aliphatic imine (C=N–C) groups is 1. The first-order valence-corrected chi connectivity index (χ1v) is 6.93. The molecule has 2 saturated carbocycles. The first-order valence-electron chi connectivity index (χ1n) is 6.93. The number of nitrogens with two attached hydrogens (primary N) is 1. The van der Waals surface area contributed by atoms with Crippen molar-refractivity contribution in [3.8, 4) is 0 Å². The Labute approximate surface area is 103 Å². The lowest BCUT2D eigenvalue weighted by atomic mass is 9.65. The Kier molecular flexibility index (Phi) is 2.99. The number of ether oxygens (including phenoxy) is 1. The summed E-state index contributed by atoms with van der Waals surface area (Å²) < 4.78 is 5.32. The van der Waals surface area contributed by atoms with Crippen molar-refractivity contribution in [3.05, 3.63) is 0 Å². The van der Waals surface area contributed by atoms with Crippen LogP contribution in [0, 0.1) is 11.3 Å². The monoisotopic (exact) mass is 237 g/mol. The summed E-state index contributed by atoms with van der Waals surface area (Å²) >= 11 is 0. The third-order valence-corrected chi connectivity index (χ3v) is 4.68. The highest BCUT2D eigenvalue weighted by molar-refractivity contribution is 5.78. The molecule has 2 N–H and O–H groups in total. The van der Waals surface area contributed by atoms with Crippen LogP contribution in [0.25, 0.3) is 0 Å². The van der Waals surface area contributed by atoms with Gasteiger partial charge in [-0.3, -0.25) is 4.99 Å². The van der Waals surface area contributed by atoms with E-state index in [4.69, 9.17) is 10.5 Å². The van der Waals surface area contributed by atoms with Gasteiger partial charge in [-0.2, -0.15) is 0 Å². The Morgan fingerprint density at radius 1 is 1.29 bits per heavy atom. The largest absolute Gasteiger partial charge is 0.378 e. The lowest BCUT2D eigenvalue weighted by Crippen LogP contribution is -2.45. The predicted molar refractivity (Wildman–Crippen MR) is 67.9 cm³/mol. The average Bonchev–Trinajstić information content (AvgIpc) is 3.13. The van der Waals surface area contributed by atoms with E-state index < -0.39 is 0 Å². The molecule has 0 aromatic heterocycles. The molecular weight excluding hydrogens is 214 g/mol. The normalized spacial score (nSPS) is 28.9. The van der Waals surface area contributed by atoms with Gasteiger partial charge in [0.25, 0.3) is 0 Å². The van der Waals surface area contributed by atoms with Gasteiger partial charge in [0.05, 0.1) is 13.2 Å². The highest BCUT2D eigenvalue weighted by Crippen LogP contribution is 2.57. The molecular formula is C13H23N3O. The molecule has 0 unspecified atom stereocenters. The van der Waals surface area contributed by atoms with Gasteiger partial charge in [0.1, 0.15) is 0 Å². The van der Waals surface area contributed by atoms with E-state index in [1.807, 2.05) is 0 Å². The zero-order valence-corrected chi connectivity index (χ0v) is 10.5. The minimum Gasteiger partial charge on any atom is -0.378 e. The maximum atomic E-state index is 6.08. The number of morpholine rings is 1. The van der Waals surface area contributed by atoms with Crippen molar-refractivity contribution in [3.63, 3.8) is 0 Å². The Hall–Kier alpha value is -0.770. The first-order chi connectivity index (χ1) is 8.30. The minimum absolute atomic E-state index is 0.539. The molecule has 3 fully saturated rings. The summed E-state index contributed by atoms with van der Waals surface area (Å²) in [5, 5.41) is 0. The molecule has 0 radical (unpaired) electrons. The molecule has 0 atom stereocenters. The minimum atomic E-state index is 0.539. The van der Waals surface area contributed by atoms with Crippen LogP contribution in [-0.2, 0) is 4.74 Å².